The van der Waals surface area contributed by atoms with Crippen LogP contribution in [-0.4, -0.2) is 13.9 Å². The minimum Gasteiger partial charge on any atom is -0.411 e. The van der Waals surface area contributed by atoms with Crippen LogP contribution in [0.2, 0.25) is 18.1 Å². The van der Waals surface area contributed by atoms with E-state index in [0.29, 0.717) is 0 Å². The maximum Gasteiger partial charge on any atom is 0.192 e. The van der Waals surface area contributed by atoms with Crippen molar-refractivity contribution in [2.75, 3.05) is 0 Å². The first-order valence-electron chi connectivity index (χ1n) is 9.05. The zero-order valence-corrected chi connectivity index (χ0v) is 14.9. The second-order valence-corrected chi connectivity index (χ2v) is 11.7. The molecule has 1 fully saturated rings. The third-order valence-electron chi connectivity index (χ3n) is 6.05. The third-order valence-corrected chi connectivity index (χ3v) is 10.8. The molecule has 0 amide bonds. The molecule has 0 aromatic rings. The van der Waals surface area contributed by atoms with E-state index in [-0.39, 0.29) is 5.60 Å². The van der Waals surface area contributed by atoms with Gasteiger partial charge in [-0.1, -0.05) is 45.8 Å². The maximum absolute atomic E-state index is 7.14. The van der Waals surface area contributed by atoms with E-state index in [1.165, 1.54) is 69.5 Å². The minimum atomic E-state index is -1.49. The Morgan fingerprint density at radius 1 is 1.00 bits per heavy atom. The quantitative estimate of drug-likeness (QED) is 0.442. The van der Waals surface area contributed by atoms with Gasteiger partial charge in [-0.2, -0.15) is 0 Å². The Kier molecular flexibility index (Phi) is 5.92. The predicted molar refractivity (Wildman–Crippen MR) is 90.6 cm³/mol. The van der Waals surface area contributed by atoms with Gasteiger partial charge in [0.25, 0.3) is 0 Å². The Hall–Kier alpha value is -0.0831. The average Bonchev–Trinajstić information content (AvgIpc) is 2.47. The van der Waals surface area contributed by atoms with Gasteiger partial charge in [0, 0.05) is 0 Å². The van der Waals surface area contributed by atoms with Crippen LogP contribution in [0.1, 0.15) is 72.1 Å². The molecule has 0 spiro atoms. The molecule has 0 saturated heterocycles. The summed E-state index contributed by atoms with van der Waals surface area (Å²) < 4.78 is 7.14. The monoisotopic (exact) mass is 294 g/mol. The molecular weight excluding hydrogens is 260 g/mol. The van der Waals surface area contributed by atoms with Crippen molar-refractivity contribution in [3.63, 3.8) is 0 Å². The lowest BCUT2D eigenvalue weighted by atomic mass is 9.70. The van der Waals surface area contributed by atoms with Gasteiger partial charge in [-0.25, -0.2) is 0 Å². The normalized spacial score (nSPS) is 33.0. The van der Waals surface area contributed by atoms with Gasteiger partial charge < -0.3 is 4.43 Å². The number of rotatable bonds is 5. The molecule has 2 atom stereocenters. The SMILES string of the molecule is CC[Si](CC)(CC)O[C@]12C/C=C\CCC[C@@H]1CCCC2. The fourth-order valence-corrected chi connectivity index (χ4v) is 7.56. The summed E-state index contributed by atoms with van der Waals surface area (Å²) in [5.74, 6) is 0.831. The molecule has 0 heterocycles. The second kappa shape index (κ2) is 7.26. The molecule has 2 rings (SSSR count). The summed E-state index contributed by atoms with van der Waals surface area (Å²) >= 11 is 0. The zero-order chi connectivity index (χ0) is 14.5. The van der Waals surface area contributed by atoms with Crippen LogP contribution in [-0.2, 0) is 4.43 Å². The molecule has 1 nitrogen and oxygen atoms in total. The number of fused-ring (bicyclic) bond motifs is 1. The lowest BCUT2D eigenvalue weighted by molar-refractivity contribution is -0.0366. The first-order valence-corrected chi connectivity index (χ1v) is 11.6. The topological polar surface area (TPSA) is 9.23 Å². The summed E-state index contributed by atoms with van der Waals surface area (Å²) in [6.07, 6.45) is 15.6. The molecule has 0 radical (unpaired) electrons. The molecule has 0 bridgehead atoms. The van der Waals surface area contributed by atoms with Gasteiger partial charge in [-0.05, 0) is 62.6 Å². The fourth-order valence-electron chi connectivity index (χ4n) is 4.41. The van der Waals surface area contributed by atoms with Crippen molar-refractivity contribution < 1.29 is 4.43 Å². The van der Waals surface area contributed by atoms with Crippen LogP contribution >= 0.6 is 0 Å². The van der Waals surface area contributed by atoms with Crippen LogP contribution in [0.5, 0.6) is 0 Å². The zero-order valence-electron chi connectivity index (χ0n) is 13.9. The van der Waals surface area contributed by atoms with Crippen LogP contribution < -0.4 is 0 Å². The van der Waals surface area contributed by atoms with Gasteiger partial charge in [-0.15, -0.1) is 0 Å². The average molecular weight is 295 g/mol. The van der Waals surface area contributed by atoms with Crippen LogP contribution in [0.15, 0.2) is 12.2 Å². The Morgan fingerprint density at radius 2 is 1.70 bits per heavy atom. The van der Waals surface area contributed by atoms with Gasteiger partial charge in [-0.3, -0.25) is 0 Å². The van der Waals surface area contributed by atoms with Crippen molar-refractivity contribution in [2.24, 2.45) is 5.92 Å². The maximum atomic E-state index is 7.14. The van der Waals surface area contributed by atoms with Crippen molar-refractivity contribution >= 4 is 8.32 Å². The van der Waals surface area contributed by atoms with E-state index in [2.05, 4.69) is 32.9 Å². The van der Waals surface area contributed by atoms with E-state index >= 15 is 0 Å². The highest BCUT2D eigenvalue weighted by Crippen LogP contribution is 2.46. The van der Waals surface area contributed by atoms with Gasteiger partial charge >= 0.3 is 0 Å². The smallest absolute Gasteiger partial charge is 0.192 e. The summed E-state index contributed by atoms with van der Waals surface area (Å²) in [6.45, 7) is 7.10. The lowest BCUT2D eigenvalue weighted by Gasteiger charge is -2.50. The van der Waals surface area contributed by atoms with Crippen molar-refractivity contribution in [2.45, 2.75) is 95.9 Å². The standard InChI is InChI=1S/C18H34OSi/c1-4-20(5-2,6-3)19-18-15-11-8-7-9-13-17(18)14-10-12-16-18/h8,11,17H,4-7,9-10,12-16H2,1-3H3/b11-8-/t17-,18+/m1/s1. The molecule has 20 heavy (non-hydrogen) atoms. The van der Waals surface area contributed by atoms with Crippen LogP contribution in [0.25, 0.3) is 0 Å². The number of hydrogen-bond donors (Lipinski definition) is 0. The van der Waals surface area contributed by atoms with Crippen molar-refractivity contribution in [1.29, 1.82) is 0 Å². The van der Waals surface area contributed by atoms with Crippen molar-refractivity contribution in [1.82, 2.24) is 0 Å². The predicted octanol–water partition coefficient (Wildman–Crippen LogP) is 6.07. The number of allylic oxidation sites excluding steroid dienone is 1. The molecule has 1 saturated carbocycles. The van der Waals surface area contributed by atoms with E-state index in [4.69, 9.17) is 4.43 Å². The van der Waals surface area contributed by atoms with Crippen molar-refractivity contribution in [3.05, 3.63) is 12.2 Å². The molecule has 0 aromatic carbocycles. The van der Waals surface area contributed by atoms with Gasteiger partial charge in [0.15, 0.2) is 8.32 Å². The van der Waals surface area contributed by atoms with Gasteiger partial charge in [0.05, 0.1) is 5.60 Å². The first-order chi connectivity index (χ1) is 9.70. The Bertz CT molecular complexity index is 313. The molecule has 2 aliphatic rings. The molecular formula is C18H34OSi. The first kappa shape index (κ1) is 16.3. The summed E-state index contributed by atoms with van der Waals surface area (Å²) in [6, 6.07) is 3.87. The molecule has 0 unspecified atom stereocenters. The van der Waals surface area contributed by atoms with Crippen LogP contribution in [0.4, 0.5) is 0 Å². The third kappa shape index (κ3) is 3.39. The fraction of sp³-hybridized carbons (Fsp3) is 0.889. The van der Waals surface area contributed by atoms with Gasteiger partial charge in [0.2, 0.25) is 0 Å². The highest BCUT2D eigenvalue weighted by atomic mass is 28.4. The summed E-state index contributed by atoms with van der Waals surface area (Å²) in [7, 11) is -1.49. The summed E-state index contributed by atoms with van der Waals surface area (Å²) in [4.78, 5) is 0. The van der Waals surface area contributed by atoms with Crippen LogP contribution in [0.3, 0.4) is 0 Å². The molecule has 0 aliphatic heterocycles. The molecule has 2 aliphatic carbocycles. The van der Waals surface area contributed by atoms with Gasteiger partial charge in [0.1, 0.15) is 0 Å². The number of hydrogen-bond acceptors (Lipinski definition) is 1. The largest absolute Gasteiger partial charge is 0.411 e. The van der Waals surface area contributed by atoms with E-state index in [1.807, 2.05) is 0 Å². The van der Waals surface area contributed by atoms with Crippen molar-refractivity contribution in [3.8, 4) is 0 Å². The van der Waals surface area contributed by atoms with E-state index in [0.717, 1.165) is 5.92 Å². The second-order valence-electron chi connectivity index (χ2n) is 6.96. The van der Waals surface area contributed by atoms with Crippen LogP contribution in [0, 0.1) is 5.92 Å². The summed E-state index contributed by atoms with van der Waals surface area (Å²) in [5, 5.41) is 0. The molecule has 0 aromatic heterocycles. The molecule has 2 heteroatoms. The summed E-state index contributed by atoms with van der Waals surface area (Å²) in [5.41, 5.74) is 0.212. The highest BCUT2D eigenvalue weighted by Gasteiger charge is 2.46. The Balaban J connectivity index is 2.24. The Labute approximate surface area is 127 Å². The van der Waals surface area contributed by atoms with E-state index in [9.17, 15) is 0 Å². The highest BCUT2D eigenvalue weighted by molar-refractivity contribution is 6.73. The molecule has 116 valence electrons. The van der Waals surface area contributed by atoms with E-state index < -0.39 is 8.32 Å². The van der Waals surface area contributed by atoms with E-state index in [1.54, 1.807) is 0 Å². The molecule has 0 N–H and O–H groups in total. The Morgan fingerprint density at radius 3 is 2.40 bits per heavy atom. The lowest BCUT2D eigenvalue weighted by Crippen LogP contribution is -2.52. The minimum absolute atomic E-state index is 0.212.